The van der Waals surface area contributed by atoms with Crippen molar-refractivity contribution < 1.29 is 9.59 Å². The van der Waals surface area contributed by atoms with E-state index in [0.29, 0.717) is 24.7 Å². The molecule has 1 aliphatic carbocycles. The summed E-state index contributed by atoms with van der Waals surface area (Å²) in [6.45, 7) is 4.70. The molecule has 1 saturated heterocycles. The second-order valence-electron chi connectivity index (χ2n) is 9.51. The quantitative estimate of drug-likeness (QED) is 0.509. The van der Waals surface area contributed by atoms with Gasteiger partial charge in [0.25, 0.3) is 5.91 Å². The van der Waals surface area contributed by atoms with Gasteiger partial charge in [0.05, 0.1) is 11.7 Å². The SMILES string of the molecule is CC(C(=O)NC1CCCC1)N1CCN(C(=O)c2ccc(SCc3cn4ccccc4n3)cc2)CC1. The monoisotopic (exact) mass is 491 g/mol. The van der Waals surface area contributed by atoms with E-state index >= 15 is 0 Å². The third-order valence-electron chi connectivity index (χ3n) is 7.13. The topological polar surface area (TPSA) is 70.0 Å². The molecule has 0 spiro atoms. The number of piperazine rings is 1. The lowest BCUT2D eigenvalue weighted by Gasteiger charge is -2.37. The second-order valence-corrected chi connectivity index (χ2v) is 10.6. The molecule has 2 aromatic heterocycles. The van der Waals surface area contributed by atoms with Gasteiger partial charge in [0.2, 0.25) is 5.91 Å². The van der Waals surface area contributed by atoms with E-state index in [0.717, 1.165) is 47.9 Å². The third kappa shape index (κ3) is 5.70. The zero-order chi connectivity index (χ0) is 24.2. The highest BCUT2D eigenvalue weighted by Gasteiger charge is 2.29. The summed E-state index contributed by atoms with van der Waals surface area (Å²) in [7, 11) is 0. The van der Waals surface area contributed by atoms with Crippen molar-refractivity contribution in [3.05, 3.63) is 66.1 Å². The summed E-state index contributed by atoms with van der Waals surface area (Å²) < 4.78 is 2.03. The van der Waals surface area contributed by atoms with Gasteiger partial charge in [0, 0.05) is 60.8 Å². The van der Waals surface area contributed by atoms with Crippen LogP contribution in [-0.2, 0) is 10.5 Å². The molecule has 184 valence electrons. The molecular formula is C27H33N5O2S. The molecule has 0 bridgehead atoms. The summed E-state index contributed by atoms with van der Waals surface area (Å²) in [6, 6.07) is 14.0. The van der Waals surface area contributed by atoms with Crippen molar-refractivity contribution in [2.45, 2.75) is 55.3 Å². The van der Waals surface area contributed by atoms with E-state index in [2.05, 4.69) is 21.4 Å². The van der Waals surface area contributed by atoms with Crippen molar-refractivity contribution in [1.29, 1.82) is 0 Å². The number of nitrogens with one attached hydrogen (secondary N) is 1. The Hall–Kier alpha value is -2.84. The predicted molar refractivity (Wildman–Crippen MR) is 139 cm³/mol. The standard InChI is InChI=1S/C27H33N5O2S/c1-20(26(33)29-22-6-2-3-7-22)30-14-16-31(17-15-30)27(34)21-9-11-24(12-10-21)35-19-23-18-32-13-5-4-8-25(32)28-23/h4-5,8-13,18,20,22H,2-3,6-7,14-17,19H2,1H3,(H,29,33). The maximum atomic E-state index is 13.0. The summed E-state index contributed by atoms with van der Waals surface area (Å²) in [5.41, 5.74) is 2.70. The van der Waals surface area contributed by atoms with Crippen LogP contribution in [0.4, 0.5) is 0 Å². The van der Waals surface area contributed by atoms with Crippen LogP contribution in [0.3, 0.4) is 0 Å². The van der Waals surface area contributed by atoms with E-state index in [1.807, 2.05) is 64.9 Å². The largest absolute Gasteiger partial charge is 0.352 e. The number of imidazole rings is 1. The number of rotatable bonds is 7. The fourth-order valence-corrected chi connectivity index (χ4v) is 5.74. The van der Waals surface area contributed by atoms with E-state index in [1.54, 1.807) is 11.8 Å². The first-order valence-electron chi connectivity index (χ1n) is 12.6. The van der Waals surface area contributed by atoms with Crippen LogP contribution in [0.5, 0.6) is 0 Å². The van der Waals surface area contributed by atoms with Crippen molar-refractivity contribution in [3.63, 3.8) is 0 Å². The molecule has 3 aromatic rings. The van der Waals surface area contributed by atoms with Gasteiger partial charge in [-0.1, -0.05) is 18.9 Å². The average Bonchev–Trinajstić information content (AvgIpc) is 3.56. The number of nitrogens with zero attached hydrogens (tertiary/aromatic N) is 4. The Morgan fingerprint density at radius 2 is 1.80 bits per heavy atom. The van der Waals surface area contributed by atoms with E-state index in [1.165, 1.54) is 12.8 Å². The van der Waals surface area contributed by atoms with Gasteiger partial charge >= 0.3 is 0 Å². The Balaban J connectivity index is 1.10. The molecule has 3 heterocycles. The van der Waals surface area contributed by atoms with Crippen LogP contribution in [-0.4, -0.2) is 69.3 Å². The van der Waals surface area contributed by atoms with Gasteiger partial charge < -0.3 is 14.6 Å². The fourth-order valence-electron chi connectivity index (χ4n) is 4.96. The number of thioether (sulfide) groups is 1. The Morgan fingerprint density at radius 3 is 2.51 bits per heavy atom. The molecule has 2 amide bonds. The second kappa shape index (κ2) is 10.8. The molecule has 35 heavy (non-hydrogen) atoms. The molecule has 1 aliphatic heterocycles. The minimum absolute atomic E-state index is 0.0598. The van der Waals surface area contributed by atoms with E-state index in [-0.39, 0.29) is 17.9 Å². The van der Waals surface area contributed by atoms with Crippen LogP contribution >= 0.6 is 11.8 Å². The van der Waals surface area contributed by atoms with Crippen LogP contribution in [0.2, 0.25) is 0 Å². The smallest absolute Gasteiger partial charge is 0.253 e. The Kier molecular flexibility index (Phi) is 7.39. The van der Waals surface area contributed by atoms with Crippen LogP contribution in [0.15, 0.2) is 59.8 Å². The molecule has 1 N–H and O–H groups in total. The summed E-state index contributed by atoms with van der Waals surface area (Å²) in [4.78, 5) is 35.5. The number of carbonyl (C=O) groups excluding carboxylic acids is 2. The Bertz CT molecular complexity index is 1130. The van der Waals surface area contributed by atoms with Crippen molar-refractivity contribution in [3.8, 4) is 0 Å². The van der Waals surface area contributed by atoms with E-state index < -0.39 is 0 Å². The number of amides is 2. The number of hydrogen-bond acceptors (Lipinski definition) is 5. The molecule has 0 radical (unpaired) electrons. The molecule has 1 aromatic carbocycles. The van der Waals surface area contributed by atoms with E-state index in [4.69, 9.17) is 0 Å². The Morgan fingerprint density at radius 1 is 1.06 bits per heavy atom. The fraction of sp³-hybridized carbons (Fsp3) is 0.444. The van der Waals surface area contributed by atoms with Gasteiger partial charge in [-0.25, -0.2) is 4.98 Å². The minimum Gasteiger partial charge on any atom is -0.352 e. The molecule has 1 saturated carbocycles. The van der Waals surface area contributed by atoms with Crippen molar-refractivity contribution >= 4 is 29.2 Å². The molecule has 2 fully saturated rings. The van der Waals surface area contributed by atoms with Crippen LogP contribution in [0, 0.1) is 0 Å². The summed E-state index contributed by atoms with van der Waals surface area (Å²) in [5.74, 6) is 0.960. The third-order valence-corrected chi connectivity index (χ3v) is 8.18. The number of benzene rings is 1. The zero-order valence-corrected chi connectivity index (χ0v) is 21.0. The number of carbonyl (C=O) groups is 2. The Labute approximate surface area is 210 Å². The van der Waals surface area contributed by atoms with Crippen LogP contribution in [0.25, 0.3) is 5.65 Å². The first-order chi connectivity index (χ1) is 17.1. The average molecular weight is 492 g/mol. The number of hydrogen-bond donors (Lipinski definition) is 1. The van der Waals surface area contributed by atoms with Gasteiger partial charge in [-0.3, -0.25) is 14.5 Å². The summed E-state index contributed by atoms with van der Waals surface area (Å²) >= 11 is 1.72. The highest BCUT2D eigenvalue weighted by atomic mass is 32.2. The molecule has 7 nitrogen and oxygen atoms in total. The maximum absolute atomic E-state index is 13.0. The molecule has 1 atom stereocenters. The minimum atomic E-state index is -0.155. The maximum Gasteiger partial charge on any atom is 0.253 e. The normalized spacial score (nSPS) is 18.1. The van der Waals surface area contributed by atoms with Crippen molar-refractivity contribution in [2.75, 3.05) is 26.2 Å². The van der Waals surface area contributed by atoms with Gasteiger partial charge in [-0.2, -0.15) is 0 Å². The molecule has 1 unspecified atom stereocenters. The van der Waals surface area contributed by atoms with Gasteiger partial charge in [0.1, 0.15) is 5.65 Å². The lowest BCUT2D eigenvalue weighted by Crippen LogP contribution is -2.55. The van der Waals surface area contributed by atoms with Crippen LogP contribution in [0.1, 0.15) is 48.7 Å². The molecule has 2 aliphatic rings. The van der Waals surface area contributed by atoms with Crippen molar-refractivity contribution in [1.82, 2.24) is 24.5 Å². The molecular weight excluding hydrogens is 458 g/mol. The van der Waals surface area contributed by atoms with Crippen LogP contribution < -0.4 is 5.32 Å². The highest BCUT2D eigenvalue weighted by molar-refractivity contribution is 7.98. The summed E-state index contributed by atoms with van der Waals surface area (Å²) in [6.07, 6.45) is 8.67. The van der Waals surface area contributed by atoms with Gasteiger partial charge in [-0.15, -0.1) is 11.8 Å². The molecule has 5 rings (SSSR count). The van der Waals surface area contributed by atoms with Gasteiger partial charge in [0.15, 0.2) is 0 Å². The number of fused-ring (bicyclic) bond motifs is 1. The number of pyridine rings is 1. The lowest BCUT2D eigenvalue weighted by molar-refractivity contribution is -0.127. The first-order valence-corrected chi connectivity index (χ1v) is 13.5. The number of aromatic nitrogens is 2. The predicted octanol–water partition coefficient (Wildman–Crippen LogP) is 3.83. The summed E-state index contributed by atoms with van der Waals surface area (Å²) in [5, 5.41) is 3.20. The van der Waals surface area contributed by atoms with Crippen molar-refractivity contribution in [2.24, 2.45) is 0 Å². The first kappa shape index (κ1) is 23.9. The zero-order valence-electron chi connectivity index (χ0n) is 20.2. The molecule has 8 heteroatoms. The van der Waals surface area contributed by atoms with E-state index in [9.17, 15) is 9.59 Å². The van der Waals surface area contributed by atoms with Gasteiger partial charge in [-0.05, 0) is 56.2 Å². The lowest BCUT2D eigenvalue weighted by atomic mass is 10.1. The highest BCUT2D eigenvalue weighted by Crippen LogP contribution is 2.24.